The van der Waals surface area contributed by atoms with Crippen molar-refractivity contribution in [1.29, 1.82) is 0 Å². The summed E-state index contributed by atoms with van der Waals surface area (Å²) in [6, 6.07) is 0.292. The van der Waals surface area contributed by atoms with E-state index in [0.29, 0.717) is 43.1 Å². The van der Waals surface area contributed by atoms with Crippen molar-refractivity contribution in [3.05, 3.63) is 11.6 Å². The summed E-state index contributed by atoms with van der Waals surface area (Å²) < 4.78 is 12.2. The zero-order valence-corrected chi connectivity index (χ0v) is 18.5. The number of amides is 1. The van der Waals surface area contributed by atoms with Crippen molar-refractivity contribution in [2.24, 2.45) is 23.2 Å². The lowest BCUT2D eigenvalue weighted by Crippen LogP contribution is -2.57. The molecule has 1 saturated heterocycles. The molecular formula is C24H41NO3. The zero-order valence-electron chi connectivity index (χ0n) is 18.5. The van der Waals surface area contributed by atoms with Crippen LogP contribution in [0.25, 0.3) is 0 Å². The molecule has 2 fully saturated rings. The first-order valence-electron chi connectivity index (χ1n) is 11.7. The van der Waals surface area contributed by atoms with Gasteiger partial charge in [0.15, 0.2) is 0 Å². The first-order chi connectivity index (χ1) is 13.5. The van der Waals surface area contributed by atoms with Crippen molar-refractivity contribution in [3.63, 3.8) is 0 Å². The van der Waals surface area contributed by atoms with Crippen molar-refractivity contribution in [1.82, 2.24) is 5.32 Å². The number of ether oxygens (including phenoxy) is 2. The quantitative estimate of drug-likeness (QED) is 0.437. The van der Waals surface area contributed by atoms with Crippen molar-refractivity contribution < 1.29 is 14.3 Å². The normalized spacial score (nSPS) is 35.9. The average molecular weight is 392 g/mol. The number of nitrogens with one attached hydrogen (secondary N) is 1. The minimum absolute atomic E-state index is 0.102. The van der Waals surface area contributed by atoms with Crippen molar-refractivity contribution in [2.45, 2.75) is 97.6 Å². The van der Waals surface area contributed by atoms with Gasteiger partial charge in [0.1, 0.15) is 6.61 Å². The number of hydrogen-bond acceptors (Lipinski definition) is 3. The Morgan fingerprint density at radius 1 is 1.25 bits per heavy atom. The maximum atomic E-state index is 12.4. The highest BCUT2D eigenvalue weighted by molar-refractivity contribution is 5.67. The van der Waals surface area contributed by atoms with Gasteiger partial charge in [-0.25, -0.2) is 4.79 Å². The van der Waals surface area contributed by atoms with E-state index in [0.717, 1.165) is 19.3 Å². The Hall–Kier alpha value is -1.03. The molecule has 1 aliphatic heterocycles. The van der Waals surface area contributed by atoms with Gasteiger partial charge < -0.3 is 14.8 Å². The fraction of sp³-hybridized carbons (Fsp3) is 0.875. The molecule has 0 aromatic carbocycles. The third-order valence-electron chi connectivity index (χ3n) is 7.85. The maximum absolute atomic E-state index is 12.4. The smallest absolute Gasteiger partial charge is 0.407 e. The maximum Gasteiger partial charge on any atom is 0.407 e. The molecule has 0 radical (unpaired) electrons. The molecule has 4 nitrogen and oxygen atoms in total. The van der Waals surface area contributed by atoms with Crippen molar-refractivity contribution >= 4 is 6.09 Å². The first kappa shape index (κ1) is 21.7. The van der Waals surface area contributed by atoms with Crippen LogP contribution in [0.5, 0.6) is 0 Å². The van der Waals surface area contributed by atoms with Gasteiger partial charge in [0.2, 0.25) is 0 Å². The Kier molecular flexibility index (Phi) is 7.47. The summed E-state index contributed by atoms with van der Waals surface area (Å²) in [4.78, 5) is 12.4. The summed E-state index contributed by atoms with van der Waals surface area (Å²) in [7, 11) is 0. The van der Waals surface area contributed by atoms with Gasteiger partial charge in [-0.2, -0.15) is 0 Å². The van der Waals surface area contributed by atoms with Crippen LogP contribution in [0.3, 0.4) is 0 Å². The highest BCUT2D eigenvalue weighted by atomic mass is 16.6. The van der Waals surface area contributed by atoms with Crippen molar-refractivity contribution in [2.75, 3.05) is 13.2 Å². The predicted molar refractivity (Wildman–Crippen MR) is 113 cm³/mol. The molecule has 0 unspecified atom stereocenters. The molecule has 0 spiro atoms. The van der Waals surface area contributed by atoms with Gasteiger partial charge >= 0.3 is 6.09 Å². The monoisotopic (exact) mass is 391 g/mol. The van der Waals surface area contributed by atoms with Crippen LogP contribution in [-0.4, -0.2) is 31.5 Å². The number of hydrogen-bond donors (Lipinski definition) is 1. The van der Waals surface area contributed by atoms with Gasteiger partial charge in [-0.05, 0) is 38.0 Å². The molecule has 0 aromatic rings. The van der Waals surface area contributed by atoms with Crippen LogP contribution in [0, 0.1) is 23.2 Å². The molecule has 2 aliphatic carbocycles. The lowest BCUT2D eigenvalue weighted by molar-refractivity contribution is -0.165. The van der Waals surface area contributed by atoms with Crippen LogP contribution < -0.4 is 5.32 Å². The van der Waals surface area contributed by atoms with E-state index in [1.807, 2.05) is 0 Å². The number of alkyl carbamates (subject to hydrolysis) is 1. The number of fused-ring (bicyclic) bond motifs is 2. The largest absolute Gasteiger partial charge is 0.449 e. The molecule has 0 aromatic heterocycles. The second-order valence-electron chi connectivity index (χ2n) is 9.65. The molecule has 1 saturated carbocycles. The first-order valence-corrected chi connectivity index (χ1v) is 11.7. The Bertz CT molecular complexity index is 554. The van der Waals surface area contributed by atoms with Crippen LogP contribution in [-0.2, 0) is 9.47 Å². The van der Waals surface area contributed by atoms with Crippen LogP contribution in [0.1, 0.15) is 85.5 Å². The Labute approximate surface area is 171 Å². The second-order valence-corrected chi connectivity index (χ2v) is 9.65. The van der Waals surface area contributed by atoms with Crippen LogP contribution in [0.15, 0.2) is 11.6 Å². The molecule has 1 N–H and O–H groups in total. The molecular weight excluding hydrogens is 350 g/mol. The summed E-state index contributed by atoms with van der Waals surface area (Å²) in [6.07, 6.45) is 13.3. The standard InChI is InChI=1S/C24H41NO3/c1-5-6-8-13-21-22-17(2)14-18(3)24(15-27-21,19(22)4)16-28-23(26)25-20-11-9-7-10-12-20/h14,18-22H,5-13,15-16H2,1-4H3,(H,25,26)/t18-,19-,21+,22+,24-/m1/s1. The predicted octanol–water partition coefficient (Wildman–Crippen LogP) is 5.86. The van der Waals surface area contributed by atoms with E-state index in [2.05, 4.69) is 39.1 Å². The lowest BCUT2D eigenvalue weighted by atomic mass is 9.56. The molecule has 5 atom stereocenters. The van der Waals surface area contributed by atoms with Gasteiger partial charge in [0.25, 0.3) is 0 Å². The Morgan fingerprint density at radius 3 is 2.71 bits per heavy atom. The minimum atomic E-state index is -0.242. The van der Waals surface area contributed by atoms with Gasteiger partial charge in [0, 0.05) is 17.4 Å². The third kappa shape index (κ3) is 4.58. The molecule has 160 valence electrons. The van der Waals surface area contributed by atoms with E-state index in [1.54, 1.807) is 0 Å². The fourth-order valence-corrected chi connectivity index (χ4v) is 5.90. The molecule has 3 aliphatic rings. The van der Waals surface area contributed by atoms with Crippen molar-refractivity contribution in [3.8, 4) is 0 Å². The molecule has 4 heteroatoms. The molecule has 1 heterocycles. The van der Waals surface area contributed by atoms with Crippen LogP contribution in [0.2, 0.25) is 0 Å². The SMILES string of the molecule is CCCCC[C@@H]1OC[C@@]2(COC(=O)NC3CCCCC3)[C@H](C)C=C(C)[C@H]1[C@H]2C. The Morgan fingerprint density at radius 2 is 2.00 bits per heavy atom. The number of allylic oxidation sites excluding steroid dienone is 1. The third-order valence-corrected chi connectivity index (χ3v) is 7.85. The highest BCUT2D eigenvalue weighted by Gasteiger charge is 2.53. The van der Waals surface area contributed by atoms with Crippen LogP contribution >= 0.6 is 0 Å². The molecule has 3 rings (SSSR count). The van der Waals surface area contributed by atoms with Gasteiger partial charge in [-0.15, -0.1) is 0 Å². The number of carbonyl (C=O) groups is 1. The summed E-state index contributed by atoms with van der Waals surface area (Å²) in [6.45, 7) is 10.3. The topological polar surface area (TPSA) is 47.6 Å². The summed E-state index contributed by atoms with van der Waals surface area (Å²) in [5.74, 6) is 1.28. The number of rotatable bonds is 7. The summed E-state index contributed by atoms with van der Waals surface area (Å²) >= 11 is 0. The van der Waals surface area contributed by atoms with Gasteiger partial charge in [-0.1, -0.05) is 70.9 Å². The summed E-state index contributed by atoms with van der Waals surface area (Å²) in [5, 5.41) is 3.09. The molecule has 1 amide bonds. The van der Waals surface area contributed by atoms with Crippen LogP contribution in [0.4, 0.5) is 4.79 Å². The van der Waals surface area contributed by atoms with E-state index in [-0.39, 0.29) is 11.5 Å². The fourth-order valence-electron chi connectivity index (χ4n) is 5.90. The molecule has 28 heavy (non-hydrogen) atoms. The minimum Gasteiger partial charge on any atom is -0.449 e. The second kappa shape index (κ2) is 9.65. The van der Waals surface area contributed by atoms with Gasteiger partial charge in [0.05, 0.1) is 12.7 Å². The number of unbranched alkanes of at least 4 members (excludes halogenated alkanes) is 2. The highest BCUT2D eigenvalue weighted by Crippen LogP contribution is 2.53. The van der Waals surface area contributed by atoms with E-state index in [4.69, 9.17) is 9.47 Å². The Balaban J connectivity index is 1.62. The summed E-state index contributed by atoms with van der Waals surface area (Å²) in [5.41, 5.74) is 1.36. The zero-order chi connectivity index (χ0) is 20.1. The van der Waals surface area contributed by atoms with E-state index >= 15 is 0 Å². The van der Waals surface area contributed by atoms with Gasteiger partial charge in [-0.3, -0.25) is 0 Å². The van der Waals surface area contributed by atoms with E-state index in [1.165, 1.54) is 44.1 Å². The lowest BCUT2D eigenvalue weighted by Gasteiger charge is -2.55. The number of carbonyl (C=O) groups excluding carboxylic acids is 1. The molecule has 2 bridgehead atoms. The van der Waals surface area contributed by atoms with E-state index in [9.17, 15) is 4.79 Å². The van der Waals surface area contributed by atoms with E-state index < -0.39 is 0 Å². The average Bonchev–Trinajstić information content (AvgIpc) is 2.67.